The molecule has 4 aromatic rings. The van der Waals surface area contributed by atoms with Crippen LogP contribution in [0.25, 0.3) is 16.8 Å². The summed E-state index contributed by atoms with van der Waals surface area (Å²) in [4.78, 5) is 25.9. The van der Waals surface area contributed by atoms with Gasteiger partial charge in [-0.3, -0.25) is 9.59 Å². The first-order valence-electron chi connectivity index (χ1n) is 8.94. The summed E-state index contributed by atoms with van der Waals surface area (Å²) in [6.07, 6.45) is 1.41. The number of aryl methyl sites for hydroxylation is 1. The van der Waals surface area contributed by atoms with Crippen LogP contribution in [0.4, 0.5) is 5.82 Å². The fourth-order valence-corrected chi connectivity index (χ4v) is 3.38. The Bertz CT molecular complexity index is 1260. The number of anilines is 1. The normalized spacial score (nSPS) is 10.8. The van der Waals surface area contributed by atoms with Crippen LogP contribution in [0, 0.1) is 6.92 Å². The highest BCUT2D eigenvalue weighted by Crippen LogP contribution is 2.29. The third kappa shape index (κ3) is 3.94. The van der Waals surface area contributed by atoms with E-state index in [9.17, 15) is 9.59 Å². The van der Waals surface area contributed by atoms with E-state index in [0.29, 0.717) is 27.5 Å². The van der Waals surface area contributed by atoms with Gasteiger partial charge in [0, 0.05) is 9.50 Å². The standard InChI is InChI=1S/C22H15BrClN3O3/c1-13-20(28)19(14-4-8-16(24)9-5-14)21(25-22(29)18-3-2-12-30-18)27(26-13)17-10-6-15(23)7-11-17/h2-12H,1H3,(H,25,29). The van der Waals surface area contributed by atoms with Gasteiger partial charge in [0.2, 0.25) is 5.43 Å². The lowest BCUT2D eigenvalue weighted by Gasteiger charge is -2.18. The number of carbonyl (C=O) groups excluding carboxylic acids is 1. The topological polar surface area (TPSA) is 77.1 Å². The highest BCUT2D eigenvalue weighted by molar-refractivity contribution is 9.10. The molecule has 6 nitrogen and oxygen atoms in total. The molecule has 0 saturated carbocycles. The molecule has 8 heteroatoms. The second-order valence-corrected chi connectivity index (χ2v) is 7.82. The zero-order chi connectivity index (χ0) is 21.3. The van der Waals surface area contributed by atoms with E-state index < -0.39 is 5.91 Å². The SMILES string of the molecule is Cc1nn(-c2ccc(Br)cc2)c(NC(=O)c2ccco2)c(-c2ccc(Cl)cc2)c1=O. The molecule has 0 radical (unpaired) electrons. The summed E-state index contributed by atoms with van der Waals surface area (Å²) >= 11 is 9.43. The van der Waals surface area contributed by atoms with E-state index in [1.807, 2.05) is 24.3 Å². The zero-order valence-corrected chi connectivity index (χ0v) is 18.1. The molecule has 150 valence electrons. The molecule has 1 N–H and O–H groups in total. The van der Waals surface area contributed by atoms with Crippen molar-refractivity contribution in [1.29, 1.82) is 0 Å². The van der Waals surface area contributed by atoms with Gasteiger partial charge in [-0.25, -0.2) is 4.68 Å². The Morgan fingerprint density at radius 2 is 1.80 bits per heavy atom. The number of nitrogens with one attached hydrogen (secondary N) is 1. The molecule has 0 spiro atoms. The van der Waals surface area contributed by atoms with Crippen LogP contribution in [-0.2, 0) is 0 Å². The van der Waals surface area contributed by atoms with Crippen molar-refractivity contribution in [2.45, 2.75) is 6.92 Å². The Hall–Kier alpha value is -3.16. The van der Waals surface area contributed by atoms with E-state index in [4.69, 9.17) is 16.0 Å². The monoisotopic (exact) mass is 483 g/mol. The zero-order valence-electron chi connectivity index (χ0n) is 15.7. The number of hydrogen-bond donors (Lipinski definition) is 1. The number of carbonyl (C=O) groups is 1. The number of rotatable bonds is 4. The van der Waals surface area contributed by atoms with E-state index in [1.165, 1.54) is 10.9 Å². The predicted octanol–water partition coefficient (Wildman–Crippen LogP) is 5.47. The van der Waals surface area contributed by atoms with Gasteiger partial charge in [0.1, 0.15) is 11.5 Å². The van der Waals surface area contributed by atoms with Crippen LogP contribution in [0.2, 0.25) is 5.02 Å². The summed E-state index contributed by atoms with van der Waals surface area (Å²) < 4.78 is 7.63. The van der Waals surface area contributed by atoms with Crippen molar-refractivity contribution >= 4 is 39.3 Å². The molecule has 2 heterocycles. The molecule has 1 amide bonds. The van der Waals surface area contributed by atoms with Crippen molar-refractivity contribution in [3.05, 3.63) is 98.1 Å². The van der Waals surface area contributed by atoms with Crippen molar-refractivity contribution < 1.29 is 9.21 Å². The van der Waals surface area contributed by atoms with Crippen LogP contribution in [0.5, 0.6) is 0 Å². The summed E-state index contributed by atoms with van der Waals surface area (Å²) in [7, 11) is 0. The number of benzene rings is 2. The van der Waals surface area contributed by atoms with Crippen molar-refractivity contribution in [2.75, 3.05) is 5.32 Å². The maximum Gasteiger partial charge on any atom is 0.292 e. The predicted molar refractivity (Wildman–Crippen MR) is 119 cm³/mol. The minimum absolute atomic E-state index is 0.118. The highest BCUT2D eigenvalue weighted by atomic mass is 79.9. The van der Waals surface area contributed by atoms with Crippen LogP contribution < -0.4 is 10.7 Å². The second-order valence-electron chi connectivity index (χ2n) is 6.46. The molecule has 2 aromatic heterocycles. The van der Waals surface area contributed by atoms with Crippen molar-refractivity contribution in [3.63, 3.8) is 0 Å². The Labute approximate surface area is 185 Å². The molecule has 0 aliphatic carbocycles. The number of hydrogen-bond acceptors (Lipinski definition) is 4. The Morgan fingerprint density at radius 1 is 1.10 bits per heavy atom. The van der Waals surface area contributed by atoms with Gasteiger partial charge in [-0.2, -0.15) is 5.10 Å². The van der Waals surface area contributed by atoms with Gasteiger partial charge in [-0.15, -0.1) is 0 Å². The Morgan fingerprint density at radius 3 is 2.43 bits per heavy atom. The first kappa shape index (κ1) is 20.1. The summed E-state index contributed by atoms with van der Waals surface area (Å²) in [5, 5.41) is 7.77. The molecule has 0 atom stereocenters. The van der Waals surface area contributed by atoms with Crippen molar-refractivity contribution in [2.24, 2.45) is 0 Å². The number of amides is 1. The molecule has 0 aliphatic rings. The molecule has 0 saturated heterocycles. The average molecular weight is 485 g/mol. The fraction of sp³-hybridized carbons (Fsp3) is 0.0455. The second kappa shape index (κ2) is 8.30. The minimum atomic E-state index is -0.494. The van der Waals surface area contributed by atoms with E-state index in [2.05, 4.69) is 26.3 Å². The molecule has 30 heavy (non-hydrogen) atoms. The summed E-state index contributed by atoms with van der Waals surface area (Å²) in [6, 6.07) is 17.4. The van der Waals surface area contributed by atoms with Gasteiger partial charge >= 0.3 is 0 Å². The van der Waals surface area contributed by atoms with Gasteiger partial charge in [0.15, 0.2) is 5.76 Å². The number of aromatic nitrogens is 2. The average Bonchev–Trinajstić information content (AvgIpc) is 3.28. The van der Waals surface area contributed by atoms with E-state index in [-0.39, 0.29) is 17.0 Å². The van der Waals surface area contributed by atoms with Gasteiger partial charge < -0.3 is 9.73 Å². The first-order chi connectivity index (χ1) is 14.4. The molecule has 0 bridgehead atoms. The summed E-state index contributed by atoms with van der Waals surface area (Å²) in [5.41, 5.74) is 1.59. The maximum absolute atomic E-state index is 13.1. The lowest BCUT2D eigenvalue weighted by Crippen LogP contribution is -2.24. The Balaban J connectivity index is 1.97. The molecule has 0 aliphatic heterocycles. The third-order valence-corrected chi connectivity index (χ3v) is 5.22. The molecule has 0 fully saturated rings. The smallest absolute Gasteiger partial charge is 0.292 e. The van der Waals surface area contributed by atoms with Crippen molar-refractivity contribution in [3.8, 4) is 16.8 Å². The number of nitrogens with zero attached hydrogens (tertiary/aromatic N) is 2. The molecule has 0 unspecified atom stereocenters. The quantitative estimate of drug-likeness (QED) is 0.417. The number of furan rings is 1. The number of halogens is 2. The fourth-order valence-electron chi connectivity index (χ4n) is 2.99. The summed E-state index contributed by atoms with van der Waals surface area (Å²) in [5.74, 6) is -0.143. The van der Waals surface area contributed by atoms with E-state index in [1.54, 1.807) is 43.3 Å². The lowest BCUT2D eigenvalue weighted by atomic mass is 10.1. The van der Waals surface area contributed by atoms with Crippen LogP contribution in [0.15, 0.2) is 80.6 Å². The van der Waals surface area contributed by atoms with Gasteiger partial charge in [0.25, 0.3) is 5.91 Å². The van der Waals surface area contributed by atoms with Crippen LogP contribution in [-0.4, -0.2) is 15.7 Å². The largest absolute Gasteiger partial charge is 0.459 e. The molecule has 2 aromatic carbocycles. The maximum atomic E-state index is 13.1. The molecular weight excluding hydrogens is 470 g/mol. The van der Waals surface area contributed by atoms with Crippen LogP contribution in [0.1, 0.15) is 16.2 Å². The highest BCUT2D eigenvalue weighted by Gasteiger charge is 2.21. The van der Waals surface area contributed by atoms with Gasteiger partial charge in [-0.05, 0) is 61.0 Å². The summed E-state index contributed by atoms with van der Waals surface area (Å²) in [6.45, 7) is 1.63. The van der Waals surface area contributed by atoms with E-state index in [0.717, 1.165) is 4.47 Å². The van der Waals surface area contributed by atoms with Crippen LogP contribution >= 0.6 is 27.5 Å². The van der Waals surface area contributed by atoms with Gasteiger partial charge in [-0.1, -0.05) is 39.7 Å². The minimum Gasteiger partial charge on any atom is -0.459 e. The third-order valence-electron chi connectivity index (χ3n) is 4.44. The molecule has 4 rings (SSSR count). The van der Waals surface area contributed by atoms with Crippen molar-refractivity contribution in [1.82, 2.24) is 9.78 Å². The Kier molecular flexibility index (Phi) is 5.57. The van der Waals surface area contributed by atoms with Crippen LogP contribution in [0.3, 0.4) is 0 Å². The van der Waals surface area contributed by atoms with Gasteiger partial charge in [0.05, 0.1) is 17.5 Å². The first-order valence-corrected chi connectivity index (χ1v) is 10.1. The van der Waals surface area contributed by atoms with E-state index >= 15 is 0 Å². The molecular formula is C22H15BrClN3O3. The lowest BCUT2D eigenvalue weighted by molar-refractivity contribution is 0.0996.